The summed E-state index contributed by atoms with van der Waals surface area (Å²) in [4.78, 5) is 2.54. The maximum absolute atomic E-state index is 3.57. The topological polar surface area (TPSA) is 15.3 Å². The number of hydrogen-bond acceptors (Lipinski definition) is 2. The standard InChI is InChI=1S/C12H26N2/c1-11(2,3)13-7-10-8-14(9-10)12(4,5)6/h10,13H,7-9H2,1-6H3. The molecule has 0 radical (unpaired) electrons. The molecule has 14 heavy (non-hydrogen) atoms. The quantitative estimate of drug-likeness (QED) is 0.731. The highest BCUT2D eigenvalue weighted by Crippen LogP contribution is 2.24. The predicted molar refractivity (Wildman–Crippen MR) is 62.6 cm³/mol. The summed E-state index contributed by atoms with van der Waals surface area (Å²) < 4.78 is 0. The molecule has 0 atom stereocenters. The van der Waals surface area contributed by atoms with Gasteiger partial charge in [-0.1, -0.05) is 0 Å². The molecular formula is C12H26N2. The van der Waals surface area contributed by atoms with E-state index < -0.39 is 0 Å². The fourth-order valence-electron chi connectivity index (χ4n) is 1.70. The van der Waals surface area contributed by atoms with E-state index in [0.717, 1.165) is 12.5 Å². The van der Waals surface area contributed by atoms with Crippen molar-refractivity contribution in [2.75, 3.05) is 19.6 Å². The van der Waals surface area contributed by atoms with Crippen molar-refractivity contribution in [3.63, 3.8) is 0 Å². The van der Waals surface area contributed by atoms with Gasteiger partial charge in [0.1, 0.15) is 0 Å². The second kappa shape index (κ2) is 3.82. The third kappa shape index (κ3) is 3.58. The van der Waals surface area contributed by atoms with E-state index in [9.17, 15) is 0 Å². The van der Waals surface area contributed by atoms with Crippen LogP contribution in [0, 0.1) is 5.92 Å². The maximum atomic E-state index is 3.57. The van der Waals surface area contributed by atoms with Crippen molar-refractivity contribution in [1.82, 2.24) is 10.2 Å². The number of nitrogens with zero attached hydrogens (tertiary/aromatic N) is 1. The Kier molecular flexibility index (Phi) is 3.27. The van der Waals surface area contributed by atoms with Crippen LogP contribution >= 0.6 is 0 Å². The highest BCUT2D eigenvalue weighted by Gasteiger charge is 2.34. The van der Waals surface area contributed by atoms with Crippen LogP contribution in [-0.2, 0) is 0 Å². The summed E-state index contributed by atoms with van der Waals surface area (Å²) in [6.07, 6.45) is 0. The van der Waals surface area contributed by atoms with Crippen molar-refractivity contribution >= 4 is 0 Å². The summed E-state index contributed by atoms with van der Waals surface area (Å²) in [6.45, 7) is 17.2. The van der Waals surface area contributed by atoms with Crippen molar-refractivity contribution in [3.8, 4) is 0 Å². The van der Waals surface area contributed by atoms with Crippen LogP contribution in [0.1, 0.15) is 41.5 Å². The Labute approximate surface area is 89.1 Å². The maximum Gasteiger partial charge on any atom is 0.0125 e. The SMILES string of the molecule is CC(C)(C)NCC1CN(C(C)(C)C)C1. The number of rotatable bonds is 2. The smallest absolute Gasteiger partial charge is 0.0125 e. The summed E-state index contributed by atoms with van der Waals surface area (Å²) in [5.74, 6) is 0.855. The second-order valence-corrected chi connectivity index (χ2v) is 6.57. The van der Waals surface area contributed by atoms with Crippen LogP contribution in [-0.4, -0.2) is 35.6 Å². The molecular weight excluding hydrogens is 172 g/mol. The van der Waals surface area contributed by atoms with Crippen molar-refractivity contribution in [1.29, 1.82) is 0 Å². The Balaban J connectivity index is 2.17. The molecule has 0 aromatic heterocycles. The minimum atomic E-state index is 0.266. The van der Waals surface area contributed by atoms with Crippen LogP contribution in [0.4, 0.5) is 0 Å². The summed E-state index contributed by atoms with van der Waals surface area (Å²) in [7, 11) is 0. The zero-order chi connectivity index (χ0) is 11.0. The fraction of sp³-hybridized carbons (Fsp3) is 1.00. The van der Waals surface area contributed by atoms with Gasteiger partial charge in [-0.15, -0.1) is 0 Å². The van der Waals surface area contributed by atoms with Crippen LogP contribution in [0.15, 0.2) is 0 Å². The van der Waals surface area contributed by atoms with Crippen molar-refractivity contribution in [2.45, 2.75) is 52.6 Å². The van der Waals surface area contributed by atoms with Gasteiger partial charge in [0.05, 0.1) is 0 Å². The molecule has 0 spiro atoms. The number of nitrogens with one attached hydrogen (secondary N) is 1. The van der Waals surface area contributed by atoms with Crippen molar-refractivity contribution in [3.05, 3.63) is 0 Å². The lowest BCUT2D eigenvalue weighted by atomic mass is 9.92. The average molecular weight is 198 g/mol. The molecule has 1 heterocycles. The van der Waals surface area contributed by atoms with Gasteiger partial charge < -0.3 is 5.32 Å². The van der Waals surface area contributed by atoms with E-state index >= 15 is 0 Å². The average Bonchev–Trinajstić information content (AvgIpc) is 1.76. The van der Waals surface area contributed by atoms with E-state index in [1.165, 1.54) is 13.1 Å². The van der Waals surface area contributed by atoms with Crippen molar-refractivity contribution in [2.24, 2.45) is 5.92 Å². The van der Waals surface area contributed by atoms with Crippen LogP contribution in [0.3, 0.4) is 0 Å². The van der Waals surface area contributed by atoms with Gasteiger partial charge in [0.15, 0.2) is 0 Å². The van der Waals surface area contributed by atoms with E-state index in [1.807, 2.05) is 0 Å². The summed E-state index contributed by atoms with van der Waals surface area (Å²) in [5.41, 5.74) is 0.625. The van der Waals surface area contributed by atoms with Gasteiger partial charge in [0, 0.05) is 30.7 Å². The van der Waals surface area contributed by atoms with Gasteiger partial charge in [-0.25, -0.2) is 0 Å². The summed E-state index contributed by atoms with van der Waals surface area (Å²) in [5, 5.41) is 3.57. The molecule has 1 fully saturated rings. The van der Waals surface area contributed by atoms with Crippen LogP contribution < -0.4 is 5.32 Å². The van der Waals surface area contributed by atoms with Crippen molar-refractivity contribution < 1.29 is 0 Å². The van der Waals surface area contributed by atoms with E-state index in [4.69, 9.17) is 0 Å². The molecule has 2 heteroatoms. The molecule has 0 aromatic carbocycles. The molecule has 0 aliphatic carbocycles. The van der Waals surface area contributed by atoms with Crippen LogP contribution in [0.25, 0.3) is 0 Å². The Morgan fingerprint density at radius 2 is 1.57 bits per heavy atom. The molecule has 0 saturated carbocycles. The molecule has 84 valence electrons. The zero-order valence-electron chi connectivity index (χ0n) is 10.6. The Morgan fingerprint density at radius 3 is 1.93 bits per heavy atom. The molecule has 0 unspecified atom stereocenters. The first-order valence-corrected chi connectivity index (χ1v) is 5.68. The Bertz CT molecular complexity index is 177. The van der Waals surface area contributed by atoms with Gasteiger partial charge in [-0.3, -0.25) is 4.90 Å². The fourth-order valence-corrected chi connectivity index (χ4v) is 1.70. The van der Waals surface area contributed by atoms with Crippen LogP contribution in [0.2, 0.25) is 0 Å². The van der Waals surface area contributed by atoms with Gasteiger partial charge >= 0.3 is 0 Å². The first-order chi connectivity index (χ1) is 6.18. The monoisotopic (exact) mass is 198 g/mol. The molecule has 1 aliphatic heterocycles. The minimum absolute atomic E-state index is 0.266. The van der Waals surface area contributed by atoms with Gasteiger partial charge in [0.2, 0.25) is 0 Å². The van der Waals surface area contributed by atoms with E-state index in [0.29, 0.717) is 5.54 Å². The third-order valence-electron chi connectivity index (χ3n) is 2.83. The molecule has 1 aliphatic rings. The third-order valence-corrected chi connectivity index (χ3v) is 2.83. The van der Waals surface area contributed by atoms with Gasteiger partial charge in [-0.2, -0.15) is 0 Å². The molecule has 0 bridgehead atoms. The van der Waals surface area contributed by atoms with E-state index in [1.54, 1.807) is 0 Å². The van der Waals surface area contributed by atoms with Crippen LogP contribution in [0.5, 0.6) is 0 Å². The Hall–Kier alpha value is -0.0800. The molecule has 1 saturated heterocycles. The molecule has 1 N–H and O–H groups in total. The lowest BCUT2D eigenvalue weighted by molar-refractivity contribution is 0.0123. The van der Waals surface area contributed by atoms with Gasteiger partial charge in [0.25, 0.3) is 0 Å². The van der Waals surface area contributed by atoms with Gasteiger partial charge in [-0.05, 0) is 47.5 Å². The van der Waals surface area contributed by atoms with E-state index in [2.05, 4.69) is 51.8 Å². The normalized spacial score (nSPS) is 21.0. The first kappa shape index (κ1) is 12.0. The minimum Gasteiger partial charge on any atom is -0.312 e. The predicted octanol–water partition coefficient (Wildman–Crippen LogP) is 2.10. The lowest BCUT2D eigenvalue weighted by Crippen LogP contribution is -2.59. The summed E-state index contributed by atoms with van der Waals surface area (Å²) >= 11 is 0. The Morgan fingerprint density at radius 1 is 1.07 bits per heavy atom. The molecule has 0 amide bonds. The molecule has 2 nitrogen and oxygen atoms in total. The highest BCUT2D eigenvalue weighted by atomic mass is 15.2. The zero-order valence-corrected chi connectivity index (χ0v) is 10.6. The number of likely N-dealkylation sites (tertiary alicyclic amines) is 1. The van der Waals surface area contributed by atoms with E-state index in [-0.39, 0.29) is 5.54 Å². The first-order valence-electron chi connectivity index (χ1n) is 5.68. The molecule has 0 aromatic rings. The number of hydrogen-bond donors (Lipinski definition) is 1. The second-order valence-electron chi connectivity index (χ2n) is 6.57. The largest absolute Gasteiger partial charge is 0.312 e. The lowest BCUT2D eigenvalue weighted by Gasteiger charge is -2.48. The summed E-state index contributed by atoms with van der Waals surface area (Å²) in [6, 6.07) is 0. The molecule has 1 rings (SSSR count). The highest BCUT2D eigenvalue weighted by molar-refractivity contribution is 4.90.